The summed E-state index contributed by atoms with van der Waals surface area (Å²) in [6.45, 7) is 6.89. The van der Waals surface area contributed by atoms with Crippen LogP contribution in [0.2, 0.25) is 0 Å². The van der Waals surface area contributed by atoms with E-state index in [2.05, 4.69) is 42.2 Å². The Kier molecular flexibility index (Phi) is 5.25. The first-order valence-electron chi connectivity index (χ1n) is 7.13. The summed E-state index contributed by atoms with van der Waals surface area (Å²) in [6, 6.07) is 6.22. The highest BCUT2D eigenvalue weighted by atomic mass is 32.2. The lowest BCUT2D eigenvalue weighted by molar-refractivity contribution is 0.603. The second-order valence-corrected chi connectivity index (χ2v) is 6.21. The highest BCUT2D eigenvalue weighted by molar-refractivity contribution is 7.99. The molecule has 6 heteroatoms. The third-order valence-corrected chi connectivity index (χ3v) is 4.62. The molecule has 1 heterocycles. The molecule has 0 bridgehead atoms. The number of nitrogens with two attached hydrogens (primary N) is 1. The number of thioether (sulfide) groups is 1. The molecule has 5 nitrogen and oxygen atoms in total. The Hall–Kier alpha value is -1.53. The van der Waals surface area contributed by atoms with E-state index in [9.17, 15) is 4.79 Å². The van der Waals surface area contributed by atoms with Crippen LogP contribution < -0.4 is 11.4 Å². The number of rotatable bonds is 6. The smallest absolute Gasteiger partial charge is 0.323 e. The van der Waals surface area contributed by atoms with Gasteiger partial charge in [0.25, 0.3) is 0 Å². The van der Waals surface area contributed by atoms with Gasteiger partial charge in [0, 0.05) is 18.3 Å². The van der Waals surface area contributed by atoms with Crippen molar-refractivity contribution in [3.05, 3.63) is 45.4 Å². The van der Waals surface area contributed by atoms with Gasteiger partial charge in [0.2, 0.25) is 0 Å². The standard InChI is InChI=1S/C15H22N4OS/c1-4-7-19-14(20)17-18-15(19)21-9-13(16)12-6-5-10(2)11(3)8-12/h5-6,8,13H,4,7,9,16H2,1-3H3,(H,17,20). The molecule has 0 radical (unpaired) electrons. The molecule has 2 rings (SSSR count). The van der Waals surface area contributed by atoms with Gasteiger partial charge in [-0.05, 0) is 37.0 Å². The summed E-state index contributed by atoms with van der Waals surface area (Å²) >= 11 is 1.52. The number of aromatic amines is 1. The topological polar surface area (TPSA) is 76.7 Å². The third-order valence-electron chi connectivity index (χ3n) is 3.52. The van der Waals surface area contributed by atoms with Gasteiger partial charge in [0.15, 0.2) is 5.16 Å². The number of aryl methyl sites for hydroxylation is 2. The Morgan fingerprint density at radius 1 is 1.38 bits per heavy atom. The van der Waals surface area contributed by atoms with Crippen molar-refractivity contribution in [3.63, 3.8) is 0 Å². The highest BCUT2D eigenvalue weighted by Gasteiger charge is 2.12. The van der Waals surface area contributed by atoms with Gasteiger partial charge in [-0.2, -0.15) is 0 Å². The molecule has 114 valence electrons. The first kappa shape index (κ1) is 15.9. The zero-order chi connectivity index (χ0) is 15.4. The molecule has 0 saturated heterocycles. The molecule has 0 aliphatic carbocycles. The monoisotopic (exact) mass is 306 g/mol. The minimum absolute atomic E-state index is 0.0730. The van der Waals surface area contributed by atoms with Gasteiger partial charge in [0.1, 0.15) is 0 Å². The second-order valence-electron chi connectivity index (χ2n) is 5.22. The van der Waals surface area contributed by atoms with E-state index in [0.29, 0.717) is 17.5 Å². The highest BCUT2D eigenvalue weighted by Crippen LogP contribution is 2.22. The summed E-state index contributed by atoms with van der Waals surface area (Å²) in [5, 5.41) is 7.27. The lowest BCUT2D eigenvalue weighted by Crippen LogP contribution is -2.18. The maximum absolute atomic E-state index is 11.6. The summed E-state index contributed by atoms with van der Waals surface area (Å²) < 4.78 is 1.66. The molecule has 0 aliphatic rings. The van der Waals surface area contributed by atoms with Gasteiger partial charge in [0.05, 0.1) is 0 Å². The van der Waals surface area contributed by atoms with E-state index in [4.69, 9.17) is 5.73 Å². The van der Waals surface area contributed by atoms with Gasteiger partial charge in [-0.25, -0.2) is 9.89 Å². The minimum Gasteiger partial charge on any atom is -0.323 e. The molecule has 3 N–H and O–H groups in total. The number of nitrogens with one attached hydrogen (secondary N) is 1. The van der Waals surface area contributed by atoms with Gasteiger partial charge >= 0.3 is 5.69 Å². The summed E-state index contributed by atoms with van der Waals surface area (Å²) in [6.07, 6.45) is 0.899. The van der Waals surface area contributed by atoms with Crippen LogP contribution >= 0.6 is 11.8 Å². The predicted octanol–water partition coefficient (Wildman–Crippen LogP) is 2.39. The van der Waals surface area contributed by atoms with Crippen molar-refractivity contribution >= 4 is 11.8 Å². The molecule has 1 unspecified atom stereocenters. The Balaban J connectivity index is 2.05. The zero-order valence-corrected chi connectivity index (χ0v) is 13.5. The molecule has 0 fully saturated rings. The second kappa shape index (κ2) is 6.95. The third kappa shape index (κ3) is 3.77. The van der Waals surface area contributed by atoms with E-state index in [1.54, 1.807) is 4.57 Å². The van der Waals surface area contributed by atoms with Gasteiger partial charge in [-0.1, -0.05) is 36.9 Å². The SMILES string of the molecule is CCCn1c(SCC(N)c2ccc(C)c(C)c2)n[nH]c1=O. The zero-order valence-electron chi connectivity index (χ0n) is 12.7. The number of benzene rings is 1. The number of hydrogen-bond acceptors (Lipinski definition) is 4. The maximum atomic E-state index is 11.6. The van der Waals surface area contributed by atoms with Crippen molar-refractivity contribution in [1.82, 2.24) is 14.8 Å². The summed E-state index contributed by atoms with van der Waals surface area (Å²) in [7, 11) is 0. The lowest BCUT2D eigenvalue weighted by atomic mass is 10.0. The van der Waals surface area contributed by atoms with Crippen molar-refractivity contribution in [3.8, 4) is 0 Å². The van der Waals surface area contributed by atoms with Crippen LogP contribution in [0.15, 0.2) is 28.2 Å². The average Bonchev–Trinajstić information content (AvgIpc) is 2.81. The van der Waals surface area contributed by atoms with Crippen LogP contribution in [0, 0.1) is 13.8 Å². The molecule has 1 atom stereocenters. The van der Waals surface area contributed by atoms with Gasteiger partial charge < -0.3 is 5.73 Å². The van der Waals surface area contributed by atoms with E-state index in [1.807, 2.05) is 6.92 Å². The van der Waals surface area contributed by atoms with Crippen molar-refractivity contribution in [2.24, 2.45) is 5.73 Å². The van der Waals surface area contributed by atoms with E-state index in [0.717, 1.165) is 12.0 Å². The number of aromatic nitrogens is 3. The fourth-order valence-electron chi connectivity index (χ4n) is 2.09. The van der Waals surface area contributed by atoms with Gasteiger partial charge in [-0.3, -0.25) is 4.57 Å². The molecule has 0 spiro atoms. The number of nitrogens with zero attached hydrogens (tertiary/aromatic N) is 2. The molecule has 1 aromatic heterocycles. The van der Waals surface area contributed by atoms with Crippen LogP contribution in [-0.4, -0.2) is 20.5 Å². The number of H-pyrrole nitrogens is 1. The van der Waals surface area contributed by atoms with Crippen LogP contribution in [0.4, 0.5) is 0 Å². The number of hydrogen-bond donors (Lipinski definition) is 2. The Bertz CT molecular complexity index is 662. The summed E-state index contributed by atoms with van der Waals surface area (Å²) in [4.78, 5) is 11.6. The summed E-state index contributed by atoms with van der Waals surface area (Å²) in [5.74, 6) is 0.691. The Morgan fingerprint density at radius 3 is 2.81 bits per heavy atom. The van der Waals surface area contributed by atoms with Crippen LogP contribution in [0.25, 0.3) is 0 Å². The molecule has 0 aliphatic heterocycles. The molecule has 1 aromatic carbocycles. The molecular formula is C15H22N4OS. The van der Waals surface area contributed by atoms with E-state index in [1.165, 1.54) is 22.9 Å². The van der Waals surface area contributed by atoms with Crippen LogP contribution in [-0.2, 0) is 6.54 Å². The summed E-state index contributed by atoms with van der Waals surface area (Å²) in [5.41, 5.74) is 9.72. The van der Waals surface area contributed by atoms with Crippen molar-refractivity contribution in [2.45, 2.75) is 44.9 Å². The first-order valence-corrected chi connectivity index (χ1v) is 8.12. The first-order chi connectivity index (χ1) is 10.0. The van der Waals surface area contributed by atoms with Gasteiger partial charge in [-0.15, -0.1) is 5.10 Å². The van der Waals surface area contributed by atoms with Crippen molar-refractivity contribution in [2.75, 3.05) is 5.75 Å². The molecular weight excluding hydrogens is 284 g/mol. The maximum Gasteiger partial charge on any atom is 0.343 e. The van der Waals surface area contributed by atoms with Crippen molar-refractivity contribution in [1.29, 1.82) is 0 Å². The predicted molar refractivity (Wildman–Crippen MR) is 86.7 cm³/mol. The van der Waals surface area contributed by atoms with Crippen LogP contribution in [0.5, 0.6) is 0 Å². The Morgan fingerprint density at radius 2 is 2.14 bits per heavy atom. The Labute approximate surface area is 128 Å². The average molecular weight is 306 g/mol. The molecule has 2 aromatic rings. The minimum atomic E-state index is -0.154. The van der Waals surface area contributed by atoms with E-state index in [-0.39, 0.29) is 11.7 Å². The van der Waals surface area contributed by atoms with E-state index >= 15 is 0 Å². The molecule has 21 heavy (non-hydrogen) atoms. The fraction of sp³-hybridized carbons (Fsp3) is 0.467. The fourth-order valence-corrected chi connectivity index (χ4v) is 3.05. The lowest BCUT2D eigenvalue weighted by Gasteiger charge is -2.13. The van der Waals surface area contributed by atoms with Crippen LogP contribution in [0.1, 0.15) is 36.1 Å². The van der Waals surface area contributed by atoms with E-state index < -0.39 is 0 Å². The molecule has 0 amide bonds. The molecule has 0 saturated carbocycles. The van der Waals surface area contributed by atoms with Crippen LogP contribution in [0.3, 0.4) is 0 Å². The quantitative estimate of drug-likeness (QED) is 0.803. The van der Waals surface area contributed by atoms with Crippen molar-refractivity contribution < 1.29 is 0 Å². The normalized spacial score (nSPS) is 12.6. The largest absolute Gasteiger partial charge is 0.343 e.